The molecule has 0 N–H and O–H groups in total. The Balaban J connectivity index is 1.07. The lowest BCUT2D eigenvalue weighted by atomic mass is 9.84. The average Bonchev–Trinajstić information content (AvgIpc) is 3.73. The van der Waals surface area contributed by atoms with E-state index in [0.29, 0.717) is 0 Å². The molecule has 1 heteroatoms. The van der Waals surface area contributed by atoms with Gasteiger partial charge in [-0.15, -0.1) is 11.3 Å². The highest BCUT2D eigenvalue weighted by Crippen LogP contribution is 2.50. The first kappa shape index (κ1) is 32.7. The minimum absolute atomic E-state index is 1.22. The van der Waals surface area contributed by atoms with E-state index in [2.05, 4.69) is 206 Å². The van der Waals surface area contributed by atoms with Gasteiger partial charge in [-0.2, -0.15) is 0 Å². The average molecular weight is 763 g/mol. The zero-order chi connectivity index (χ0) is 38.6. The first-order valence-corrected chi connectivity index (χ1v) is 21.2. The molecular formula is C58H34S. The van der Waals surface area contributed by atoms with E-state index in [-0.39, 0.29) is 0 Å². The van der Waals surface area contributed by atoms with Crippen LogP contribution in [-0.4, -0.2) is 0 Å². The Hall–Kier alpha value is -7.32. The van der Waals surface area contributed by atoms with Gasteiger partial charge in [0.05, 0.1) is 0 Å². The van der Waals surface area contributed by atoms with Crippen LogP contribution in [-0.2, 0) is 0 Å². The molecule has 0 amide bonds. The molecule has 0 radical (unpaired) electrons. The van der Waals surface area contributed by atoms with Crippen molar-refractivity contribution in [3.8, 4) is 33.4 Å². The molecule has 0 fully saturated rings. The predicted molar refractivity (Wildman–Crippen MR) is 258 cm³/mol. The lowest BCUT2D eigenvalue weighted by Gasteiger charge is -2.19. The molecule has 13 aromatic rings. The summed E-state index contributed by atoms with van der Waals surface area (Å²) in [5, 5.41) is 20.9. The second kappa shape index (κ2) is 12.6. The molecule has 1 heterocycles. The lowest BCUT2D eigenvalue weighted by molar-refractivity contribution is 1.63. The lowest BCUT2D eigenvalue weighted by Crippen LogP contribution is -1.92. The summed E-state index contributed by atoms with van der Waals surface area (Å²) >= 11 is 1.96. The van der Waals surface area contributed by atoms with E-state index in [1.807, 2.05) is 11.3 Å². The summed E-state index contributed by atoms with van der Waals surface area (Å²) in [5.74, 6) is 0. The topological polar surface area (TPSA) is 0 Å². The highest BCUT2D eigenvalue weighted by molar-refractivity contribution is 7.28. The van der Waals surface area contributed by atoms with E-state index < -0.39 is 0 Å². The Morgan fingerprint density at radius 1 is 0.237 bits per heavy atom. The van der Waals surface area contributed by atoms with Gasteiger partial charge >= 0.3 is 0 Å². The largest absolute Gasteiger partial charge is 0.134 e. The maximum Gasteiger partial charge on any atom is 0.0440 e. The van der Waals surface area contributed by atoms with Gasteiger partial charge in [-0.1, -0.05) is 194 Å². The number of hydrogen-bond donors (Lipinski definition) is 0. The molecule has 12 aromatic carbocycles. The van der Waals surface area contributed by atoms with Crippen molar-refractivity contribution in [3.63, 3.8) is 0 Å². The van der Waals surface area contributed by atoms with E-state index in [0.717, 1.165) is 0 Å². The Bertz CT molecular complexity index is 3840. The zero-order valence-electron chi connectivity index (χ0n) is 32.0. The summed E-state index contributed by atoms with van der Waals surface area (Å²) in [5.41, 5.74) is 7.51. The van der Waals surface area contributed by atoms with E-state index >= 15 is 0 Å². The van der Waals surface area contributed by atoms with Gasteiger partial charge in [0.1, 0.15) is 0 Å². The fourth-order valence-corrected chi connectivity index (χ4v) is 11.7. The van der Waals surface area contributed by atoms with Crippen LogP contribution in [0.3, 0.4) is 0 Å². The summed E-state index contributed by atoms with van der Waals surface area (Å²) in [4.78, 5) is 0. The molecule has 0 aliphatic carbocycles. The summed E-state index contributed by atoms with van der Waals surface area (Å²) in [6.07, 6.45) is 0. The summed E-state index contributed by atoms with van der Waals surface area (Å²) in [6.45, 7) is 0. The Labute approximate surface area is 344 Å². The molecule has 0 saturated heterocycles. The number of benzene rings is 12. The van der Waals surface area contributed by atoms with Crippen molar-refractivity contribution < 1.29 is 0 Å². The Morgan fingerprint density at radius 2 is 0.661 bits per heavy atom. The van der Waals surface area contributed by atoms with Crippen molar-refractivity contribution >= 4 is 107 Å². The molecule has 59 heavy (non-hydrogen) atoms. The fourth-order valence-electron chi connectivity index (χ4n) is 10.3. The Morgan fingerprint density at radius 3 is 1.31 bits per heavy atom. The molecule has 13 rings (SSSR count). The highest BCUT2D eigenvalue weighted by atomic mass is 32.1. The zero-order valence-corrected chi connectivity index (χ0v) is 32.9. The molecule has 1 aromatic heterocycles. The third-order valence-electron chi connectivity index (χ3n) is 12.8. The van der Waals surface area contributed by atoms with Gasteiger partial charge in [0.2, 0.25) is 0 Å². The van der Waals surface area contributed by atoms with Crippen molar-refractivity contribution in [1.29, 1.82) is 0 Å². The number of hydrogen-bond acceptors (Lipinski definition) is 1. The number of rotatable bonds is 3. The molecule has 0 unspecified atom stereocenters. The maximum atomic E-state index is 2.46. The van der Waals surface area contributed by atoms with E-state index in [9.17, 15) is 0 Å². The molecule has 0 atom stereocenters. The fraction of sp³-hybridized carbons (Fsp3) is 0. The normalized spacial score (nSPS) is 12.1. The molecule has 0 aliphatic heterocycles. The number of thiophene rings is 1. The van der Waals surface area contributed by atoms with Crippen LogP contribution in [0.15, 0.2) is 206 Å². The van der Waals surface area contributed by atoms with Crippen molar-refractivity contribution in [2.24, 2.45) is 0 Å². The summed E-state index contributed by atoms with van der Waals surface area (Å²) < 4.78 is 2.72. The van der Waals surface area contributed by atoms with Gasteiger partial charge < -0.3 is 0 Å². The van der Waals surface area contributed by atoms with Crippen LogP contribution in [0.1, 0.15) is 0 Å². The third kappa shape index (κ3) is 4.71. The van der Waals surface area contributed by atoms with Crippen LogP contribution in [0, 0.1) is 0 Å². The molecular weight excluding hydrogens is 729 g/mol. The summed E-state index contributed by atoms with van der Waals surface area (Å²) in [6, 6.07) is 76.8. The van der Waals surface area contributed by atoms with Gasteiger partial charge in [-0.3, -0.25) is 0 Å². The molecule has 0 bridgehead atoms. The first-order valence-electron chi connectivity index (χ1n) is 20.4. The number of fused-ring (bicyclic) bond motifs is 16. The minimum atomic E-state index is 1.22. The van der Waals surface area contributed by atoms with Gasteiger partial charge in [-0.25, -0.2) is 0 Å². The standard InChI is InChI=1S/C58H34S/c1-2-19-39-35(15-1)16-14-30-44(39)54-49-27-10-8-25-47(49)53(48-26-9-11-28-50(48)54)38-18-13-17-36(33-38)37-31-32-43-41-21-4-7-24-46(41)56-55-45-23-6-3-20-40(45)42-22-5-12-29-51(42)57(55)59-58(56)52(43)34-37/h1-34H. The van der Waals surface area contributed by atoms with Crippen molar-refractivity contribution in [2.45, 2.75) is 0 Å². The van der Waals surface area contributed by atoms with E-state index in [1.54, 1.807) is 0 Å². The molecule has 0 saturated carbocycles. The van der Waals surface area contributed by atoms with Crippen molar-refractivity contribution in [3.05, 3.63) is 206 Å². The van der Waals surface area contributed by atoms with Crippen LogP contribution in [0.5, 0.6) is 0 Å². The third-order valence-corrected chi connectivity index (χ3v) is 14.0. The van der Waals surface area contributed by atoms with Gasteiger partial charge in [-0.05, 0) is 110 Å². The van der Waals surface area contributed by atoms with E-state index in [4.69, 9.17) is 0 Å². The monoisotopic (exact) mass is 762 g/mol. The summed E-state index contributed by atoms with van der Waals surface area (Å²) in [7, 11) is 0. The van der Waals surface area contributed by atoms with Crippen LogP contribution in [0.2, 0.25) is 0 Å². The SMILES string of the molecule is c1cc(-c2ccc3c4ccccc4c4c(sc5c6ccccc6c6ccccc6c54)c3c2)cc(-c2c3ccccc3c(-c3cccc4ccccc34)c3ccccc23)c1. The quantitative estimate of drug-likeness (QED) is 0.124. The van der Waals surface area contributed by atoms with Gasteiger partial charge in [0, 0.05) is 30.9 Å². The maximum absolute atomic E-state index is 2.46. The second-order valence-corrected chi connectivity index (χ2v) is 16.9. The van der Waals surface area contributed by atoms with Crippen LogP contribution < -0.4 is 0 Å². The van der Waals surface area contributed by atoms with E-state index in [1.165, 1.54) is 129 Å². The second-order valence-electron chi connectivity index (χ2n) is 15.9. The smallest absolute Gasteiger partial charge is 0.0440 e. The molecule has 0 aliphatic rings. The van der Waals surface area contributed by atoms with Crippen molar-refractivity contribution in [2.75, 3.05) is 0 Å². The molecule has 0 spiro atoms. The van der Waals surface area contributed by atoms with Crippen LogP contribution in [0.4, 0.5) is 0 Å². The van der Waals surface area contributed by atoms with Gasteiger partial charge in [0.25, 0.3) is 0 Å². The predicted octanol–water partition coefficient (Wildman–Crippen LogP) is 17.1. The Kier molecular flexibility index (Phi) is 6.98. The highest BCUT2D eigenvalue weighted by Gasteiger charge is 2.21. The van der Waals surface area contributed by atoms with Crippen LogP contribution >= 0.6 is 11.3 Å². The van der Waals surface area contributed by atoms with Crippen LogP contribution in [0.25, 0.3) is 129 Å². The first-order chi connectivity index (χ1) is 29.3. The van der Waals surface area contributed by atoms with Gasteiger partial charge in [0.15, 0.2) is 0 Å². The molecule has 0 nitrogen and oxygen atoms in total. The molecule has 272 valence electrons. The minimum Gasteiger partial charge on any atom is -0.134 e. The van der Waals surface area contributed by atoms with Crippen molar-refractivity contribution in [1.82, 2.24) is 0 Å².